The van der Waals surface area contributed by atoms with Crippen LogP contribution in [0, 0.1) is 0 Å². The molecule has 0 atom stereocenters. The van der Waals surface area contributed by atoms with Gasteiger partial charge >= 0.3 is 7.12 Å². The number of halogens is 3. The van der Waals surface area contributed by atoms with Crippen LogP contribution in [0.1, 0.15) is 0 Å². The van der Waals surface area contributed by atoms with Crippen LogP contribution in [0.4, 0.5) is 0 Å². The lowest BCUT2D eigenvalue weighted by Gasteiger charge is -2.09. The van der Waals surface area contributed by atoms with Gasteiger partial charge in [-0.1, -0.05) is 0 Å². The summed E-state index contributed by atoms with van der Waals surface area (Å²) in [6.45, 7) is 0. The second kappa shape index (κ2) is 16.3. The minimum atomic E-state index is -1.51. The van der Waals surface area contributed by atoms with Gasteiger partial charge in [0.1, 0.15) is 23.0 Å². The second-order valence-corrected chi connectivity index (χ2v) is 10.7. The molecule has 0 aliphatic carbocycles. The Balaban J connectivity index is 0.000000166. The summed E-state index contributed by atoms with van der Waals surface area (Å²) in [6.07, 6.45) is 6.70. The standard InChI is InChI=1S/C15H12ClN3O2.C8H11BO4.C7H3BrClN3/c1-20-12-4-9(5-13(6-12)21-2)10-3-11-8-18-15(16)19-14(11)17-7-10;1-12-7-3-6(9(10)11)4-8(5-7)13-2;8-5-1-4-2-11-7(9)12-6(4)10-3-5/h3-8H,1-2H3;3-5,10-11H,1-2H3;1-3H. The Morgan fingerprint density at radius 1 is 0.565 bits per heavy atom. The molecule has 0 fully saturated rings. The molecule has 0 saturated carbocycles. The Hall–Kier alpha value is -4.34. The normalized spacial score (nSPS) is 10.3. The number of methoxy groups -OCH3 is 4. The van der Waals surface area contributed by atoms with Gasteiger partial charge in [-0.25, -0.2) is 19.9 Å². The zero-order valence-electron chi connectivity index (χ0n) is 24.9. The quantitative estimate of drug-likeness (QED) is 0.172. The fourth-order valence-corrected chi connectivity index (χ4v) is 4.49. The first kappa shape index (κ1) is 34.5. The van der Waals surface area contributed by atoms with Crippen LogP contribution in [0.25, 0.3) is 33.2 Å². The highest BCUT2D eigenvalue weighted by molar-refractivity contribution is 9.10. The Morgan fingerprint density at radius 3 is 1.50 bits per heavy atom. The highest BCUT2D eigenvalue weighted by Gasteiger charge is 2.13. The van der Waals surface area contributed by atoms with Crippen molar-refractivity contribution in [1.82, 2.24) is 29.9 Å². The molecule has 0 unspecified atom stereocenters. The molecule has 0 aliphatic heterocycles. The van der Waals surface area contributed by atoms with E-state index in [1.807, 2.05) is 30.3 Å². The molecule has 0 saturated heterocycles. The van der Waals surface area contributed by atoms with Crippen molar-refractivity contribution >= 4 is 73.8 Å². The third kappa shape index (κ3) is 9.34. The lowest BCUT2D eigenvalue weighted by atomic mass is 9.80. The van der Waals surface area contributed by atoms with Crippen molar-refractivity contribution in [3.63, 3.8) is 0 Å². The number of hydrogen-bond acceptors (Lipinski definition) is 12. The van der Waals surface area contributed by atoms with Gasteiger partial charge in [0.15, 0.2) is 11.3 Å². The highest BCUT2D eigenvalue weighted by atomic mass is 79.9. The van der Waals surface area contributed by atoms with Crippen molar-refractivity contribution in [2.75, 3.05) is 28.4 Å². The summed E-state index contributed by atoms with van der Waals surface area (Å²) in [4.78, 5) is 24.2. The van der Waals surface area contributed by atoms with Gasteiger partial charge < -0.3 is 29.0 Å². The largest absolute Gasteiger partial charge is 0.497 e. The van der Waals surface area contributed by atoms with Gasteiger partial charge in [0.2, 0.25) is 10.6 Å². The van der Waals surface area contributed by atoms with Crippen molar-refractivity contribution in [3.05, 3.63) is 88.4 Å². The zero-order valence-corrected chi connectivity index (χ0v) is 27.9. The maximum atomic E-state index is 8.91. The number of nitrogens with zero attached hydrogens (tertiary/aromatic N) is 6. The van der Waals surface area contributed by atoms with Crippen molar-refractivity contribution in [2.24, 2.45) is 0 Å². The molecule has 6 rings (SSSR count). The molecular formula is C30H26BBrCl2N6O6. The highest BCUT2D eigenvalue weighted by Crippen LogP contribution is 2.30. The zero-order chi connectivity index (χ0) is 33.2. The molecule has 6 aromatic rings. The summed E-state index contributed by atoms with van der Waals surface area (Å²) in [7, 11) is 4.73. The molecule has 46 heavy (non-hydrogen) atoms. The first-order valence-corrected chi connectivity index (χ1v) is 14.7. The first-order chi connectivity index (χ1) is 22.1. The van der Waals surface area contributed by atoms with Crippen LogP contribution >= 0.6 is 39.1 Å². The fourth-order valence-electron chi connectivity index (χ4n) is 3.89. The molecule has 0 aliphatic rings. The fraction of sp³-hybridized carbons (Fsp3) is 0.133. The maximum absolute atomic E-state index is 8.91. The van der Waals surface area contributed by atoms with Crippen molar-refractivity contribution in [1.29, 1.82) is 0 Å². The molecule has 16 heteroatoms. The Bertz CT molecular complexity index is 1870. The summed E-state index contributed by atoms with van der Waals surface area (Å²) < 4.78 is 21.4. The van der Waals surface area contributed by atoms with E-state index in [1.54, 1.807) is 45.1 Å². The third-order valence-electron chi connectivity index (χ3n) is 6.13. The van der Waals surface area contributed by atoms with E-state index in [2.05, 4.69) is 45.8 Å². The predicted octanol–water partition coefficient (Wildman–Crippen LogP) is 5.19. The van der Waals surface area contributed by atoms with Crippen LogP contribution in [-0.4, -0.2) is 75.5 Å². The van der Waals surface area contributed by atoms with Gasteiger partial charge in [0.05, 0.1) is 28.4 Å². The van der Waals surface area contributed by atoms with Crippen molar-refractivity contribution in [3.8, 4) is 34.1 Å². The molecule has 2 N–H and O–H groups in total. The summed E-state index contributed by atoms with van der Waals surface area (Å²) in [5, 5.41) is 19.9. The maximum Gasteiger partial charge on any atom is 0.488 e. The van der Waals surface area contributed by atoms with Crippen LogP contribution in [0.2, 0.25) is 10.6 Å². The van der Waals surface area contributed by atoms with E-state index in [0.29, 0.717) is 28.3 Å². The minimum absolute atomic E-state index is 0.186. The third-order valence-corrected chi connectivity index (χ3v) is 6.93. The number of hydrogen-bond donors (Lipinski definition) is 2. The minimum Gasteiger partial charge on any atom is -0.497 e. The van der Waals surface area contributed by atoms with E-state index in [9.17, 15) is 0 Å². The topological polar surface area (TPSA) is 155 Å². The lowest BCUT2D eigenvalue weighted by molar-refractivity contribution is 0.392. The summed E-state index contributed by atoms with van der Waals surface area (Å²) in [6, 6.07) is 14.2. The van der Waals surface area contributed by atoms with Crippen LogP contribution in [-0.2, 0) is 0 Å². The van der Waals surface area contributed by atoms with Gasteiger partial charge in [-0.05, 0) is 86.6 Å². The monoisotopic (exact) mass is 726 g/mol. The van der Waals surface area contributed by atoms with Crippen LogP contribution in [0.15, 0.2) is 77.8 Å². The Kier molecular flexibility index (Phi) is 12.2. The summed E-state index contributed by atoms with van der Waals surface area (Å²) in [5.74, 6) is 2.50. The van der Waals surface area contributed by atoms with Crippen molar-refractivity contribution in [2.45, 2.75) is 0 Å². The van der Waals surface area contributed by atoms with E-state index >= 15 is 0 Å². The molecular weight excluding hydrogens is 702 g/mol. The molecule has 236 valence electrons. The molecule has 0 amide bonds. The van der Waals surface area contributed by atoms with Crippen LogP contribution in [0.5, 0.6) is 23.0 Å². The molecule has 0 bridgehead atoms. The Morgan fingerprint density at radius 2 is 1.02 bits per heavy atom. The molecule has 0 spiro atoms. The van der Waals surface area contributed by atoms with Gasteiger partial charge in [0.25, 0.3) is 0 Å². The van der Waals surface area contributed by atoms with Gasteiger partial charge in [-0.2, -0.15) is 9.97 Å². The molecule has 2 aromatic carbocycles. The SMILES string of the molecule is COc1cc(OC)cc(-c2cnc3nc(Cl)ncc3c2)c1.COc1cc(OC)cc(B(O)O)c1.Clc1ncc2cc(Br)cnc2n1. The smallest absolute Gasteiger partial charge is 0.488 e. The number of benzene rings is 2. The molecule has 4 heterocycles. The average molecular weight is 728 g/mol. The summed E-state index contributed by atoms with van der Waals surface area (Å²) >= 11 is 14.6. The van der Waals surface area contributed by atoms with Gasteiger partial charge in [0, 0.05) is 57.7 Å². The van der Waals surface area contributed by atoms with Crippen molar-refractivity contribution < 1.29 is 29.0 Å². The second-order valence-electron chi connectivity index (χ2n) is 9.10. The van der Waals surface area contributed by atoms with E-state index in [-0.39, 0.29) is 10.6 Å². The predicted molar refractivity (Wildman–Crippen MR) is 180 cm³/mol. The van der Waals surface area contributed by atoms with E-state index in [4.69, 9.17) is 52.2 Å². The number of rotatable bonds is 6. The molecule has 4 aromatic heterocycles. The first-order valence-electron chi connectivity index (χ1n) is 13.2. The van der Waals surface area contributed by atoms with E-state index in [1.165, 1.54) is 26.4 Å². The van der Waals surface area contributed by atoms with Crippen LogP contribution in [0.3, 0.4) is 0 Å². The summed E-state index contributed by atoms with van der Waals surface area (Å²) in [5.41, 5.74) is 3.38. The van der Waals surface area contributed by atoms with Crippen LogP contribution < -0.4 is 24.4 Å². The van der Waals surface area contributed by atoms with E-state index in [0.717, 1.165) is 37.9 Å². The number of fused-ring (bicyclic) bond motifs is 2. The van der Waals surface area contributed by atoms with E-state index < -0.39 is 7.12 Å². The number of ether oxygens (including phenoxy) is 4. The number of pyridine rings is 2. The van der Waals surface area contributed by atoms with Gasteiger partial charge in [-0.3, -0.25) is 0 Å². The van der Waals surface area contributed by atoms with Gasteiger partial charge in [-0.15, -0.1) is 0 Å². The molecule has 0 radical (unpaired) electrons. The lowest BCUT2D eigenvalue weighted by Crippen LogP contribution is -2.29. The Labute approximate surface area is 282 Å². The average Bonchev–Trinajstić information content (AvgIpc) is 3.08. The number of aromatic nitrogens is 6. The molecule has 12 nitrogen and oxygen atoms in total.